The maximum Gasteiger partial charge on any atom is 0.0707 e. The van der Waals surface area contributed by atoms with Gasteiger partial charge in [-0.25, -0.2) is 0 Å². The van der Waals surface area contributed by atoms with Gasteiger partial charge in [-0.3, -0.25) is 4.90 Å². The number of nitrogens with zero attached hydrogens (tertiary/aromatic N) is 1. The summed E-state index contributed by atoms with van der Waals surface area (Å²) in [4.78, 5) is 2.53. The third-order valence-electron chi connectivity index (χ3n) is 3.14. The molecule has 0 aromatic carbocycles. The highest BCUT2D eigenvalue weighted by Gasteiger charge is 2.33. The molecule has 2 rings (SSSR count). The summed E-state index contributed by atoms with van der Waals surface area (Å²) in [5.74, 6) is 0. The molecule has 0 aromatic rings. The molecule has 3 atom stereocenters. The molecule has 2 unspecified atom stereocenters. The van der Waals surface area contributed by atoms with Gasteiger partial charge in [0.1, 0.15) is 0 Å². The van der Waals surface area contributed by atoms with Crippen LogP contribution in [0.25, 0.3) is 0 Å². The van der Waals surface area contributed by atoms with Gasteiger partial charge in [0.05, 0.1) is 12.2 Å². The van der Waals surface area contributed by atoms with Gasteiger partial charge in [0.25, 0.3) is 0 Å². The molecular formula is C10H20N2O. The van der Waals surface area contributed by atoms with Crippen molar-refractivity contribution in [2.75, 3.05) is 26.7 Å². The molecule has 0 aliphatic carbocycles. The topological polar surface area (TPSA) is 24.5 Å². The van der Waals surface area contributed by atoms with E-state index in [1.165, 1.54) is 12.8 Å². The summed E-state index contributed by atoms with van der Waals surface area (Å²) < 4.78 is 5.78. The largest absolute Gasteiger partial charge is 0.372 e. The Morgan fingerprint density at radius 3 is 2.54 bits per heavy atom. The number of nitrogens with one attached hydrogen (secondary N) is 1. The van der Waals surface area contributed by atoms with Crippen LogP contribution in [-0.4, -0.2) is 49.8 Å². The van der Waals surface area contributed by atoms with Gasteiger partial charge in [0, 0.05) is 25.7 Å². The minimum atomic E-state index is 0.530. The first-order valence-corrected chi connectivity index (χ1v) is 5.33. The molecule has 0 radical (unpaired) electrons. The number of hydrogen-bond acceptors (Lipinski definition) is 3. The highest BCUT2D eigenvalue weighted by molar-refractivity contribution is 4.85. The van der Waals surface area contributed by atoms with Crippen molar-refractivity contribution in [3.8, 4) is 0 Å². The summed E-state index contributed by atoms with van der Waals surface area (Å²) in [6.07, 6.45) is 3.61. The molecule has 2 saturated heterocycles. The Bertz CT molecular complexity index is 162. The number of hydrogen-bond donors (Lipinski definition) is 1. The maximum atomic E-state index is 5.78. The van der Waals surface area contributed by atoms with Gasteiger partial charge in [0.2, 0.25) is 0 Å². The van der Waals surface area contributed by atoms with E-state index in [-0.39, 0.29) is 0 Å². The van der Waals surface area contributed by atoms with Crippen molar-refractivity contribution in [1.82, 2.24) is 10.2 Å². The maximum absolute atomic E-state index is 5.78. The zero-order chi connectivity index (χ0) is 9.26. The number of ether oxygens (including phenoxy) is 1. The SMILES string of the molecule is CN[C@@H](C)CN1CC2CCC(C1)O2. The fraction of sp³-hybridized carbons (Fsp3) is 1.00. The molecule has 2 fully saturated rings. The Labute approximate surface area is 80.4 Å². The molecule has 1 N–H and O–H groups in total. The smallest absolute Gasteiger partial charge is 0.0707 e. The van der Waals surface area contributed by atoms with Crippen LogP contribution >= 0.6 is 0 Å². The molecule has 0 amide bonds. The van der Waals surface area contributed by atoms with Gasteiger partial charge >= 0.3 is 0 Å². The van der Waals surface area contributed by atoms with E-state index in [0.717, 1.165) is 19.6 Å². The first kappa shape index (κ1) is 9.44. The normalized spacial score (nSPS) is 36.5. The first-order valence-electron chi connectivity index (χ1n) is 5.33. The van der Waals surface area contributed by atoms with E-state index >= 15 is 0 Å². The van der Waals surface area contributed by atoms with Crippen molar-refractivity contribution in [3.63, 3.8) is 0 Å². The molecule has 2 bridgehead atoms. The molecule has 13 heavy (non-hydrogen) atoms. The second-order valence-electron chi connectivity index (χ2n) is 4.37. The summed E-state index contributed by atoms with van der Waals surface area (Å²) >= 11 is 0. The van der Waals surface area contributed by atoms with Crippen LogP contribution in [0.5, 0.6) is 0 Å². The van der Waals surface area contributed by atoms with E-state index in [9.17, 15) is 0 Å². The van der Waals surface area contributed by atoms with Crippen LogP contribution in [0, 0.1) is 0 Å². The third-order valence-corrected chi connectivity index (χ3v) is 3.14. The van der Waals surface area contributed by atoms with Crippen LogP contribution in [0.3, 0.4) is 0 Å². The third kappa shape index (κ3) is 2.22. The van der Waals surface area contributed by atoms with Crippen LogP contribution in [-0.2, 0) is 4.74 Å². The molecular weight excluding hydrogens is 164 g/mol. The Hall–Kier alpha value is -0.120. The molecule has 0 saturated carbocycles. The molecule has 2 heterocycles. The Morgan fingerprint density at radius 1 is 1.38 bits per heavy atom. The Kier molecular flexibility index (Phi) is 2.86. The molecule has 76 valence electrons. The van der Waals surface area contributed by atoms with Crippen molar-refractivity contribution < 1.29 is 4.74 Å². The van der Waals surface area contributed by atoms with E-state index in [1.54, 1.807) is 0 Å². The average molecular weight is 184 g/mol. The predicted octanol–water partition coefficient (Wildman–Crippen LogP) is 0.457. The number of morpholine rings is 1. The number of likely N-dealkylation sites (tertiary alicyclic amines) is 1. The first-order chi connectivity index (χ1) is 6.28. The molecule has 3 nitrogen and oxygen atoms in total. The summed E-state index contributed by atoms with van der Waals surface area (Å²) in [6, 6.07) is 0.595. The summed E-state index contributed by atoms with van der Waals surface area (Å²) in [7, 11) is 2.03. The highest BCUT2D eigenvalue weighted by Crippen LogP contribution is 2.25. The second-order valence-corrected chi connectivity index (χ2v) is 4.37. The van der Waals surface area contributed by atoms with Gasteiger partial charge < -0.3 is 10.1 Å². The molecule has 3 heteroatoms. The summed E-state index contributed by atoms with van der Waals surface area (Å²) in [5, 5.41) is 3.28. The van der Waals surface area contributed by atoms with Crippen LogP contribution in [0.2, 0.25) is 0 Å². The van der Waals surface area contributed by atoms with Crippen LogP contribution in [0.1, 0.15) is 19.8 Å². The zero-order valence-electron chi connectivity index (χ0n) is 8.62. The lowest BCUT2D eigenvalue weighted by Crippen LogP contribution is -2.47. The number of likely N-dealkylation sites (N-methyl/N-ethyl adjacent to an activating group) is 1. The average Bonchev–Trinajstić information content (AvgIpc) is 2.46. The standard InChI is InChI=1S/C10H20N2O/c1-8(11-2)5-12-6-9-3-4-10(7-12)13-9/h8-11H,3-7H2,1-2H3/t8-,9?,10?/m0/s1. The molecule has 2 aliphatic heterocycles. The molecule has 0 spiro atoms. The Balaban J connectivity index is 1.81. The number of fused-ring (bicyclic) bond motifs is 2. The second kappa shape index (κ2) is 3.95. The lowest BCUT2D eigenvalue weighted by Gasteiger charge is -2.33. The quantitative estimate of drug-likeness (QED) is 0.689. The highest BCUT2D eigenvalue weighted by atomic mass is 16.5. The Morgan fingerprint density at radius 2 is 2.00 bits per heavy atom. The van der Waals surface area contributed by atoms with Crippen LogP contribution in [0.4, 0.5) is 0 Å². The fourth-order valence-electron chi connectivity index (χ4n) is 2.33. The lowest BCUT2D eigenvalue weighted by atomic mass is 10.2. The van der Waals surface area contributed by atoms with Gasteiger partial charge in [-0.2, -0.15) is 0 Å². The van der Waals surface area contributed by atoms with Gasteiger partial charge in [-0.1, -0.05) is 0 Å². The molecule has 0 aromatic heterocycles. The van der Waals surface area contributed by atoms with Crippen molar-refractivity contribution in [1.29, 1.82) is 0 Å². The van der Waals surface area contributed by atoms with Crippen LogP contribution < -0.4 is 5.32 Å². The van der Waals surface area contributed by atoms with E-state index in [1.807, 2.05) is 7.05 Å². The summed E-state index contributed by atoms with van der Waals surface area (Å²) in [5.41, 5.74) is 0. The van der Waals surface area contributed by atoms with Gasteiger partial charge in [0.15, 0.2) is 0 Å². The molecule has 2 aliphatic rings. The minimum Gasteiger partial charge on any atom is -0.372 e. The van der Waals surface area contributed by atoms with E-state index in [0.29, 0.717) is 18.2 Å². The monoisotopic (exact) mass is 184 g/mol. The van der Waals surface area contributed by atoms with E-state index in [2.05, 4.69) is 17.1 Å². The van der Waals surface area contributed by atoms with Crippen molar-refractivity contribution >= 4 is 0 Å². The zero-order valence-corrected chi connectivity index (χ0v) is 8.62. The van der Waals surface area contributed by atoms with E-state index < -0.39 is 0 Å². The predicted molar refractivity (Wildman–Crippen MR) is 52.9 cm³/mol. The minimum absolute atomic E-state index is 0.530. The van der Waals surface area contributed by atoms with E-state index in [4.69, 9.17) is 4.74 Å². The number of rotatable bonds is 3. The van der Waals surface area contributed by atoms with Gasteiger partial charge in [-0.05, 0) is 26.8 Å². The van der Waals surface area contributed by atoms with Crippen molar-refractivity contribution in [2.45, 2.75) is 38.0 Å². The summed E-state index contributed by atoms with van der Waals surface area (Å²) in [6.45, 7) is 5.68. The van der Waals surface area contributed by atoms with Gasteiger partial charge in [-0.15, -0.1) is 0 Å². The fourth-order valence-corrected chi connectivity index (χ4v) is 2.33. The van der Waals surface area contributed by atoms with Crippen molar-refractivity contribution in [2.24, 2.45) is 0 Å². The van der Waals surface area contributed by atoms with Crippen LogP contribution in [0.15, 0.2) is 0 Å². The lowest BCUT2D eigenvalue weighted by molar-refractivity contribution is -0.0399. The van der Waals surface area contributed by atoms with Crippen molar-refractivity contribution in [3.05, 3.63) is 0 Å².